The first kappa shape index (κ1) is 19.5. The summed E-state index contributed by atoms with van der Waals surface area (Å²) in [7, 11) is 4.15. The van der Waals surface area contributed by atoms with Gasteiger partial charge < -0.3 is 15.5 Å². The molecule has 2 aliphatic rings. The van der Waals surface area contributed by atoms with Gasteiger partial charge in [-0.2, -0.15) is 0 Å². The van der Waals surface area contributed by atoms with Gasteiger partial charge in [-0.25, -0.2) is 4.98 Å². The summed E-state index contributed by atoms with van der Waals surface area (Å²) >= 11 is 0. The van der Waals surface area contributed by atoms with Gasteiger partial charge in [0.1, 0.15) is 5.69 Å². The molecule has 2 aromatic rings. The maximum absolute atomic E-state index is 12.8. The molecule has 0 aliphatic carbocycles. The van der Waals surface area contributed by atoms with E-state index in [4.69, 9.17) is 0 Å². The number of ketones is 1. The minimum absolute atomic E-state index is 0.0271. The van der Waals surface area contributed by atoms with Crippen molar-refractivity contribution in [3.8, 4) is 0 Å². The molecule has 4 rings (SSSR count). The van der Waals surface area contributed by atoms with E-state index >= 15 is 0 Å². The number of para-hydroxylation sites is 1. The number of carbonyl (C=O) groups is 2. The Kier molecular flexibility index (Phi) is 5.60. The number of anilines is 3. The quantitative estimate of drug-likeness (QED) is 0.735. The number of amides is 1. The number of hydrogen-bond donors (Lipinski definition) is 2. The number of benzene rings is 1. The Morgan fingerprint density at radius 3 is 2.83 bits per heavy atom. The lowest BCUT2D eigenvalue weighted by Gasteiger charge is -2.22. The number of aromatic nitrogens is 1. The van der Waals surface area contributed by atoms with Gasteiger partial charge in [0, 0.05) is 6.04 Å². The summed E-state index contributed by atoms with van der Waals surface area (Å²) in [5, 5.41) is 6.03. The van der Waals surface area contributed by atoms with Crippen molar-refractivity contribution in [1.82, 2.24) is 14.8 Å². The summed E-state index contributed by atoms with van der Waals surface area (Å²) in [6.07, 6.45) is 3.57. The van der Waals surface area contributed by atoms with Gasteiger partial charge in [-0.15, -0.1) is 0 Å². The first-order valence-electron chi connectivity index (χ1n) is 10.1. The van der Waals surface area contributed by atoms with Crippen LogP contribution < -0.4 is 10.6 Å². The molecular formula is C22H27N5O2. The average Bonchev–Trinajstić information content (AvgIpc) is 3.06. The average molecular weight is 393 g/mol. The molecule has 0 bridgehead atoms. The van der Waals surface area contributed by atoms with E-state index in [1.54, 1.807) is 18.2 Å². The van der Waals surface area contributed by atoms with Gasteiger partial charge >= 0.3 is 0 Å². The van der Waals surface area contributed by atoms with Crippen LogP contribution in [0, 0.1) is 0 Å². The van der Waals surface area contributed by atoms with Gasteiger partial charge in [-0.1, -0.05) is 12.1 Å². The zero-order chi connectivity index (χ0) is 20.4. The van der Waals surface area contributed by atoms with Crippen LogP contribution in [-0.4, -0.2) is 66.2 Å². The lowest BCUT2D eigenvalue weighted by molar-refractivity contribution is 0.0936. The smallest absolute Gasteiger partial charge is 0.257 e. The molecule has 0 radical (unpaired) electrons. The van der Waals surface area contributed by atoms with Crippen LogP contribution in [0.15, 0.2) is 36.4 Å². The molecule has 1 aromatic heterocycles. The highest BCUT2D eigenvalue weighted by Crippen LogP contribution is 2.30. The lowest BCUT2D eigenvalue weighted by atomic mass is 10.1. The van der Waals surface area contributed by atoms with E-state index in [1.807, 2.05) is 25.2 Å². The fourth-order valence-corrected chi connectivity index (χ4v) is 4.04. The Morgan fingerprint density at radius 2 is 2.03 bits per heavy atom. The third-order valence-corrected chi connectivity index (χ3v) is 5.78. The Labute approximate surface area is 171 Å². The van der Waals surface area contributed by atoms with Crippen LogP contribution in [0.2, 0.25) is 0 Å². The van der Waals surface area contributed by atoms with Gasteiger partial charge in [-0.3, -0.25) is 14.5 Å². The molecule has 1 fully saturated rings. The predicted molar refractivity (Wildman–Crippen MR) is 114 cm³/mol. The largest absolute Gasteiger partial charge is 0.338 e. The second-order valence-electron chi connectivity index (χ2n) is 7.94. The number of hydrogen-bond acceptors (Lipinski definition) is 6. The molecule has 3 heterocycles. The third kappa shape index (κ3) is 4.31. The first-order valence-corrected chi connectivity index (χ1v) is 10.1. The minimum Gasteiger partial charge on any atom is -0.338 e. The summed E-state index contributed by atoms with van der Waals surface area (Å²) in [4.78, 5) is 34.1. The number of carbonyl (C=O) groups excluding carboxylic acids is 2. The van der Waals surface area contributed by atoms with Gasteiger partial charge in [-0.05, 0) is 70.7 Å². The van der Waals surface area contributed by atoms with Gasteiger partial charge in [0.2, 0.25) is 0 Å². The summed E-state index contributed by atoms with van der Waals surface area (Å²) < 4.78 is 0. The Bertz CT molecular complexity index is 929. The van der Waals surface area contributed by atoms with Crippen molar-refractivity contribution in [2.75, 3.05) is 44.4 Å². The predicted octanol–water partition coefficient (Wildman–Crippen LogP) is 2.99. The van der Waals surface area contributed by atoms with Gasteiger partial charge in [0.25, 0.3) is 5.91 Å². The molecule has 1 atom stereocenters. The molecule has 29 heavy (non-hydrogen) atoms. The number of nitrogens with zero attached hydrogens (tertiary/aromatic N) is 3. The first-order chi connectivity index (χ1) is 14.0. The molecule has 1 saturated heterocycles. The monoisotopic (exact) mass is 393 g/mol. The van der Waals surface area contributed by atoms with Crippen LogP contribution >= 0.6 is 0 Å². The molecule has 7 heteroatoms. The zero-order valence-electron chi connectivity index (χ0n) is 16.9. The number of likely N-dealkylation sites (tertiary alicyclic amines) is 1. The highest BCUT2D eigenvalue weighted by atomic mass is 16.1. The Hall–Kier alpha value is -2.77. The van der Waals surface area contributed by atoms with Crippen molar-refractivity contribution in [2.24, 2.45) is 0 Å². The van der Waals surface area contributed by atoms with Crippen molar-refractivity contribution >= 4 is 28.9 Å². The molecule has 0 spiro atoms. The second-order valence-corrected chi connectivity index (χ2v) is 7.94. The molecule has 2 aliphatic heterocycles. The van der Waals surface area contributed by atoms with Crippen molar-refractivity contribution in [2.45, 2.75) is 25.3 Å². The second kappa shape index (κ2) is 8.31. The maximum atomic E-state index is 12.8. The molecular weight excluding hydrogens is 366 g/mol. The molecule has 0 saturated carbocycles. The standard InChI is InChI=1S/C22H27N5O2/c1-26(13-11-15-6-5-12-27(15)2)14-20(28)18-9-10-19-21(24-18)23-17-8-4-3-7-16(17)22(29)25-19/h3-4,7-10,15H,5-6,11-14H2,1-2H3,(H,23,24)(H,25,29). The Balaban J connectivity index is 1.43. The molecule has 1 unspecified atom stereocenters. The highest BCUT2D eigenvalue weighted by molar-refractivity contribution is 6.12. The third-order valence-electron chi connectivity index (χ3n) is 5.78. The van der Waals surface area contributed by atoms with E-state index in [0.29, 0.717) is 41.0 Å². The van der Waals surface area contributed by atoms with Gasteiger partial charge in [0.05, 0.1) is 23.5 Å². The van der Waals surface area contributed by atoms with E-state index in [9.17, 15) is 9.59 Å². The van der Waals surface area contributed by atoms with E-state index < -0.39 is 0 Å². The summed E-state index contributed by atoms with van der Waals surface area (Å²) in [6, 6.07) is 11.3. The minimum atomic E-state index is -0.190. The van der Waals surface area contributed by atoms with E-state index in [2.05, 4.69) is 32.5 Å². The van der Waals surface area contributed by atoms with Crippen molar-refractivity contribution in [3.05, 3.63) is 47.7 Å². The Morgan fingerprint density at radius 1 is 1.21 bits per heavy atom. The van der Waals surface area contributed by atoms with Crippen LogP contribution in [0.4, 0.5) is 17.2 Å². The molecule has 1 aromatic carbocycles. The molecule has 2 N–H and O–H groups in total. The van der Waals surface area contributed by atoms with E-state index in [-0.39, 0.29) is 11.7 Å². The number of Topliss-reactive ketones (excluding diaryl/α,β-unsaturated/α-hetero) is 1. The molecule has 7 nitrogen and oxygen atoms in total. The van der Waals surface area contributed by atoms with Crippen LogP contribution in [-0.2, 0) is 0 Å². The van der Waals surface area contributed by atoms with Crippen molar-refractivity contribution < 1.29 is 9.59 Å². The van der Waals surface area contributed by atoms with Crippen LogP contribution in [0.25, 0.3) is 0 Å². The van der Waals surface area contributed by atoms with Crippen LogP contribution in [0.5, 0.6) is 0 Å². The van der Waals surface area contributed by atoms with E-state index in [1.165, 1.54) is 19.4 Å². The van der Waals surface area contributed by atoms with E-state index in [0.717, 1.165) is 13.0 Å². The topological polar surface area (TPSA) is 77.6 Å². The molecule has 1 amide bonds. The lowest BCUT2D eigenvalue weighted by Crippen LogP contribution is -2.32. The highest BCUT2D eigenvalue weighted by Gasteiger charge is 2.23. The summed E-state index contributed by atoms with van der Waals surface area (Å²) in [5.74, 6) is 0.273. The SMILES string of the molecule is CN(CCC1CCCN1C)CC(=O)c1ccc2c(n1)Nc1ccccc1C(=O)N2. The van der Waals surface area contributed by atoms with Crippen molar-refractivity contribution in [3.63, 3.8) is 0 Å². The fraction of sp³-hybridized carbons (Fsp3) is 0.409. The number of rotatable bonds is 6. The maximum Gasteiger partial charge on any atom is 0.257 e. The van der Waals surface area contributed by atoms with Crippen molar-refractivity contribution in [1.29, 1.82) is 0 Å². The molecule has 152 valence electrons. The summed E-state index contributed by atoms with van der Waals surface area (Å²) in [6.45, 7) is 2.37. The normalized spacial score (nSPS) is 18.6. The van der Waals surface area contributed by atoms with Crippen LogP contribution in [0.1, 0.15) is 40.1 Å². The number of pyridine rings is 1. The van der Waals surface area contributed by atoms with Crippen LogP contribution in [0.3, 0.4) is 0 Å². The number of nitrogens with one attached hydrogen (secondary N) is 2. The number of likely N-dealkylation sites (N-methyl/N-ethyl adjacent to an activating group) is 1. The number of fused-ring (bicyclic) bond motifs is 2. The zero-order valence-corrected chi connectivity index (χ0v) is 16.9. The van der Waals surface area contributed by atoms with Gasteiger partial charge in [0.15, 0.2) is 11.6 Å². The summed E-state index contributed by atoms with van der Waals surface area (Å²) in [5.41, 5.74) is 2.20. The fourth-order valence-electron chi connectivity index (χ4n) is 4.04.